The SMILES string of the molecule is Fc1ccccc1CN1CC[C@]2(COCc3cnc(NCC4CC4)nc32)C1. The molecule has 1 atom stereocenters. The molecule has 0 radical (unpaired) electrons. The number of likely N-dealkylation sites (tertiary alicyclic amines) is 1. The van der Waals surface area contributed by atoms with Crippen molar-refractivity contribution in [2.75, 3.05) is 31.6 Å². The number of nitrogens with one attached hydrogen (secondary N) is 1. The van der Waals surface area contributed by atoms with Crippen LogP contribution < -0.4 is 5.32 Å². The molecule has 1 aromatic carbocycles. The van der Waals surface area contributed by atoms with Crippen LogP contribution in [0.3, 0.4) is 0 Å². The second-order valence-electron chi connectivity index (χ2n) is 8.22. The highest BCUT2D eigenvalue weighted by Gasteiger charge is 2.45. The Kier molecular flexibility index (Phi) is 4.32. The van der Waals surface area contributed by atoms with E-state index in [2.05, 4.69) is 15.2 Å². The molecule has 1 N–H and O–H groups in total. The van der Waals surface area contributed by atoms with Crippen molar-refractivity contribution in [1.29, 1.82) is 0 Å². The lowest BCUT2D eigenvalue weighted by Crippen LogP contribution is -2.40. The van der Waals surface area contributed by atoms with E-state index in [0.717, 1.165) is 54.7 Å². The number of ether oxygens (including phenoxy) is 1. The minimum Gasteiger partial charge on any atom is -0.376 e. The van der Waals surface area contributed by atoms with E-state index >= 15 is 0 Å². The van der Waals surface area contributed by atoms with Crippen molar-refractivity contribution in [3.05, 3.63) is 53.1 Å². The maximum absolute atomic E-state index is 14.0. The van der Waals surface area contributed by atoms with Gasteiger partial charge in [0, 0.05) is 37.0 Å². The Morgan fingerprint density at radius 2 is 2.19 bits per heavy atom. The summed E-state index contributed by atoms with van der Waals surface area (Å²) in [4.78, 5) is 11.7. The third-order valence-corrected chi connectivity index (χ3v) is 6.03. The van der Waals surface area contributed by atoms with Gasteiger partial charge in [-0.15, -0.1) is 0 Å². The summed E-state index contributed by atoms with van der Waals surface area (Å²) in [6, 6.07) is 7.04. The standard InChI is InChI=1S/C21H25FN4O/c22-18-4-2-1-3-16(18)11-26-8-7-21(13-26)14-27-12-17-10-24-20(25-19(17)21)23-9-15-5-6-15/h1-4,10,15H,5-9,11-14H2,(H,23,24,25)/t21-/m1/s1. The number of benzene rings is 1. The molecule has 142 valence electrons. The molecule has 3 heterocycles. The maximum atomic E-state index is 14.0. The van der Waals surface area contributed by atoms with Crippen LogP contribution in [0.4, 0.5) is 10.3 Å². The number of halogens is 1. The van der Waals surface area contributed by atoms with Crippen LogP contribution in [0.5, 0.6) is 0 Å². The van der Waals surface area contributed by atoms with Crippen molar-refractivity contribution >= 4 is 5.95 Å². The maximum Gasteiger partial charge on any atom is 0.222 e. The van der Waals surface area contributed by atoms with Gasteiger partial charge in [0.2, 0.25) is 5.95 Å². The van der Waals surface area contributed by atoms with E-state index in [1.807, 2.05) is 18.3 Å². The van der Waals surface area contributed by atoms with Crippen molar-refractivity contribution in [1.82, 2.24) is 14.9 Å². The minimum absolute atomic E-state index is 0.113. The van der Waals surface area contributed by atoms with E-state index in [0.29, 0.717) is 19.8 Å². The second-order valence-corrected chi connectivity index (χ2v) is 8.22. The summed E-state index contributed by atoms with van der Waals surface area (Å²) in [5.74, 6) is 1.38. The fourth-order valence-corrected chi connectivity index (χ4v) is 4.31. The van der Waals surface area contributed by atoms with Crippen LogP contribution in [0.25, 0.3) is 0 Å². The molecule has 1 saturated heterocycles. The van der Waals surface area contributed by atoms with E-state index in [1.165, 1.54) is 18.9 Å². The van der Waals surface area contributed by atoms with Crippen LogP contribution in [0.2, 0.25) is 0 Å². The van der Waals surface area contributed by atoms with Crippen LogP contribution in [0.15, 0.2) is 30.5 Å². The van der Waals surface area contributed by atoms with Crippen molar-refractivity contribution in [2.45, 2.75) is 37.8 Å². The molecule has 2 fully saturated rings. The molecule has 6 heteroatoms. The van der Waals surface area contributed by atoms with E-state index in [9.17, 15) is 4.39 Å². The van der Waals surface area contributed by atoms with Crippen LogP contribution in [-0.2, 0) is 23.3 Å². The summed E-state index contributed by atoms with van der Waals surface area (Å²) in [6.07, 6.45) is 5.51. The van der Waals surface area contributed by atoms with Gasteiger partial charge >= 0.3 is 0 Å². The first-order valence-corrected chi connectivity index (χ1v) is 9.86. The molecule has 1 aliphatic carbocycles. The zero-order valence-electron chi connectivity index (χ0n) is 15.5. The number of aromatic nitrogens is 2. The van der Waals surface area contributed by atoms with Gasteiger partial charge in [-0.1, -0.05) is 18.2 Å². The summed E-state index contributed by atoms with van der Waals surface area (Å²) in [7, 11) is 0. The predicted octanol–water partition coefficient (Wildman–Crippen LogP) is 3.11. The Morgan fingerprint density at radius 3 is 3.04 bits per heavy atom. The van der Waals surface area contributed by atoms with E-state index in [-0.39, 0.29) is 11.2 Å². The lowest BCUT2D eigenvalue weighted by molar-refractivity contribution is 0.0503. The molecule has 0 amide bonds. The molecule has 3 aliphatic rings. The number of hydrogen-bond donors (Lipinski definition) is 1. The van der Waals surface area contributed by atoms with Crippen molar-refractivity contribution in [3.63, 3.8) is 0 Å². The van der Waals surface area contributed by atoms with Gasteiger partial charge in [0.25, 0.3) is 0 Å². The third kappa shape index (κ3) is 3.44. The smallest absolute Gasteiger partial charge is 0.222 e. The number of hydrogen-bond acceptors (Lipinski definition) is 5. The highest BCUT2D eigenvalue weighted by atomic mass is 19.1. The molecular formula is C21H25FN4O. The van der Waals surface area contributed by atoms with Crippen LogP contribution in [0, 0.1) is 11.7 Å². The van der Waals surface area contributed by atoms with Crippen LogP contribution >= 0.6 is 0 Å². The number of nitrogens with zero attached hydrogens (tertiary/aromatic N) is 3. The third-order valence-electron chi connectivity index (χ3n) is 6.03. The van der Waals surface area contributed by atoms with Gasteiger partial charge in [0.15, 0.2) is 0 Å². The Hall–Kier alpha value is -2.05. The first kappa shape index (κ1) is 17.1. The Balaban J connectivity index is 1.36. The lowest BCUT2D eigenvalue weighted by Gasteiger charge is -2.34. The van der Waals surface area contributed by atoms with Gasteiger partial charge in [-0.2, -0.15) is 0 Å². The van der Waals surface area contributed by atoms with Gasteiger partial charge in [-0.25, -0.2) is 14.4 Å². The fourth-order valence-electron chi connectivity index (χ4n) is 4.31. The van der Waals surface area contributed by atoms with Crippen molar-refractivity contribution in [2.24, 2.45) is 5.92 Å². The molecule has 1 aromatic heterocycles. The fraction of sp³-hybridized carbons (Fsp3) is 0.524. The molecule has 1 saturated carbocycles. The zero-order chi connectivity index (χ0) is 18.3. The lowest BCUT2D eigenvalue weighted by atomic mass is 9.80. The highest BCUT2D eigenvalue weighted by molar-refractivity contribution is 5.37. The first-order valence-electron chi connectivity index (χ1n) is 9.86. The van der Waals surface area contributed by atoms with Gasteiger partial charge in [0.05, 0.1) is 24.3 Å². The average molecular weight is 368 g/mol. The quantitative estimate of drug-likeness (QED) is 0.879. The Morgan fingerprint density at radius 1 is 1.30 bits per heavy atom. The molecule has 2 aromatic rings. The minimum atomic E-state index is -0.132. The second kappa shape index (κ2) is 6.84. The monoisotopic (exact) mass is 368 g/mol. The molecule has 1 spiro atoms. The molecule has 27 heavy (non-hydrogen) atoms. The van der Waals surface area contributed by atoms with Crippen molar-refractivity contribution < 1.29 is 9.13 Å². The highest BCUT2D eigenvalue weighted by Crippen LogP contribution is 2.40. The summed E-state index contributed by atoms with van der Waals surface area (Å²) in [6.45, 7) is 4.60. The van der Waals surface area contributed by atoms with Gasteiger partial charge in [-0.05, 0) is 37.8 Å². The first-order chi connectivity index (χ1) is 13.2. The number of fused-ring (bicyclic) bond motifs is 2. The Labute approximate surface area is 159 Å². The Bertz CT molecular complexity index is 841. The number of rotatable bonds is 5. The summed E-state index contributed by atoms with van der Waals surface area (Å²) < 4.78 is 19.9. The predicted molar refractivity (Wildman–Crippen MR) is 101 cm³/mol. The molecule has 5 nitrogen and oxygen atoms in total. The van der Waals surface area contributed by atoms with E-state index in [1.54, 1.807) is 6.07 Å². The molecule has 0 unspecified atom stereocenters. The zero-order valence-corrected chi connectivity index (χ0v) is 15.5. The van der Waals surface area contributed by atoms with Gasteiger partial charge < -0.3 is 10.1 Å². The summed E-state index contributed by atoms with van der Waals surface area (Å²) >= 11 is 0. The van der Waals surface area contributed by atoms with Crippen LogP contribution in [-0.4, -0.2) is 41.1 Å². The van der Waals surface area contributed by atoms with E-state index < -0.39 is 0 Å². The number of anilines is 1. The topological polar surface area (TPSA) is 50.3 Å². The molecular weight excluding hydrogens is 343 g/mol. The molecule has 2 aliphatic heterocycles. The summed E-state index contributed by atoms with van der Waals surface area (Å²) in [5, 5.41) is 3.40. The van der Waals surface area contributed by atoms with Crippen molar-refractivity contribution in [3.8, 4) is 0 Å². The van der Waals surface area contributed by atoms with E-state index in [4.69, 9.17) is 9.72 Å². The molecule has 0 bridgehead atoms. The van der Waals surface area contributed by atoms with Gasteiger partial charge in [0.1, 0.15) is 5.82 Å². The average Bonchev–Trinajstić information content (AvgIpc) is 3.44. The normalized spacial score (nSPS) is 24.9. The van der Waals surface area contributed by atoms with Crippen LogP contribution in [0.1, 0.15) is 36.1 Å². The largest absolute Gasteiger partial charge is 0.376 e. The molecule has 5 rings (SSSR count). The summed E-state index contributed by atoms with van der Waals surface area (Å²) in [5.41, 5.74) is 2.85. The van der Waals surface area contributed by atoms with Gasteiger partial charge in [-0.3, -0.25) is 4.90 Å².